The smallest absolute Gasteiger partial charge is 0.272 e. The molecule has 0 radical (unpaired) electrons. The van der Waals surface area contributed by atoms with Crippen molar-refractivity contribution in [3.8, 4) is 5.88 Å². The van der Waals surface area contributed by atoms with Crippen LogP contribution in [0, 0.1) is 12.8 Å². The van der Waals surface area contributed by atoms with Crippen LogP contribution in [0.1, 0.15) is 46.3 Å². The summed E-state index contributed by atoms with van der Waals surface area (Å²) in [5.41, 5.74) is 2.60. The van der Waals surface area contributed by atoms with Gasteiger partial charge in [0.25, 0.3) is 12.3 Å². The second-order valence-electron chi connectivity index (χ2n) is 7.63. The summed E-state index contributed by atoms with van der Waals surface area (Å²) in [7, 11) is 0. The molecule has 4 rings (SSSR count). The van der Waals surface area contributed by atoms with Crippen molar-refractivity contribution in [1.29, 1.82) is 0 Å². The van der Waals surface area contributed by atoms with E-state index in [0.29, 0.717) is 35.6 Å². The number of hydrogen-bond acceptors (Lipinski definition) is 5. The molecule has 9 heteroatoms. The number of alkyl halides is 2. The average Bonchev–Trinajstić information content (AvgIpc) is 2.96. The van der Waals surface area contributed by atoms with E-state index in [0.717, 1.165) is 24.8 Å². The number of carbonyl (C=O) groups is 2. The number of hydrogen-bond donors (Lipinski definition) is 1. The van der Waals surface area contributed by atoms with E-state index >= 15 is 0 Å². The summed E-state index contributed by atoms with van der Waals surface area (Å²) in [5, 5.41) is 2.87. The Morgan fingerprint density at radius 1 is 1.37 bits per heavy atom. The van der Waals surface area contributed by atoms with Crippen LogP contribution >= 0.6 is 0 Å². The Hall–Kier alpha value is -3.10. The number of amides is 2. The van der Waals surface area contributed by atoms with Crippen molar-refractivity contribution in [2.24, 2.45) is 5.92 Å². The standard InChI is InChI=1S/C21H22F2N4O3/c1-12-7-13(8-25-20(12)30-11-17(22)23)9-27-10-16-15(21(27)29)5-6-24-18(16)26-19(28)14-3-2-4-14/h5-8,14,17H,2-4,9-11H2,1H3,(H,24,26,28). The highest BCUT2D eigenvalue weighted by atomic mass is 19.3. The molecule has 0 saturated heterocycles. The lowest BCUT2D eigenvalue weighted by Crippen LogP contribution is -2.29. The minimum atomic E-state index is -2.57. The Labute approximate surface area is 172 Å². The number of aryl methyl sites for hydroxylation is 1. The summed E-state index contributed by atoms with van der Waals surface area (Å²) in [5.74, 6) is 0.413. The third-order valence-corrected chi connectivity index (χ3v) is 5.45. The molecule has 2 amide bonds. The van der Waals surface area contributed by atoms with Gasteiger partial charge in [-0.2, -0.15) is 0 Å². The van der Waals surface area contributed by atoms with Crippen LogP contribution in [0.2, 0.25) is 0 Å². The van der Waals surface area contributed by atoms with Gasteiger partial charge in [0.15, 0.2) is 6.61 Å². The molecule has 3 heterocycles. The van der Waals surface area contributed by atoms with Gasteiger partial charge in [-0.25, -0.2) is 18.7 Å². The molecular weight excluding hydrogens is 394 g/mol. The molecule has 0 aromatic carbocycles. The van der Waals surface area contributed by atoms with Crippen molar-refractivity contribution in [2.45, 2.75) is 45.7 Å². The minimum absolute atomic E-state index is 0.0238. The highest BCUT2D eigenvalue weighted by molar-refractivity contribution is 6.01. The normalized spacial score (nSPS) is 15.9. The second kappa shape index (κ2) is 8.33. The Morgan fingerprint density at radius 3 is 2.83 bits per heavy atom. The average molecular weight is 416 g/mol. The fourth-order valence-electron chi connectivity index (χ4n) is 3.63. The monoisotopic (exact) mass is 416 g/mol. The zero-order chi connectivity index (χ0) is 21.3. The van der Waals surface area contributed by atoms with Gasteiger partial charge in [0.1, 0.15) is 5.82 Å². The van der Waals surface area contributed by atoms with Crippen molar-refractivity contribution in [1.82, 2.24) is 14.9 Å². The Morgan fingerprint density at radius 2 is 2.17 bits per heavy atom. The van der Waals surface area contributed by atoms with Gasteiger partial charge in [-0.15, -0.1) is 0 Å². The van der Waals surface area contributed by atoms with E-state index in [1.165, 1.54) is 12.4 Å². The van der Waals surface area contributed by atoms with Crippen molar-refractivity contribution < 1.29 is 23.1 Å². The first-order valence-corrected chi connectivity index (χ1v) is 9.87. The first kappa shape index (κ1) is 20.2. The zero-order valence-corrected chi connectivity index (χ0v) is 16.5. The van der Waals surface area contributed by atoms with Gasteiger partial charge in [0, 0.05) is 41.5 Å². The summed E-state index contributed by atoms with van der Waals surface area (Å²) in [6.45, 7) is 1.63. The summed E-state index contributed by atoms with van der Waals surface area (Å²) in [6, 6.07) is 3.42. The molecule has 0 atom stereocenters. The lowest BCUT2D eigenvalue weighted by atomic mass is 9.85. The second-order valence-corrected chi connectivity index (χ2v) is 7.63. The molecule has 7 nitrogen and oxygen atoms in total. The topological polar surface area (TPSA) is 84.4 Å². The molecule has 0 spiro atoms. The van der Waals surface area contributed by atoms with E-state index in [9.17, 15) is 18.4 Å². The summed E-state index contributed by atoms with van der Waals surface area (Å²) in [4.78, 5) is 35.1. The largest absolute Gasteiger partial charge is 0.471 e. The molecule has 1 fully saturated rings. The molecule has 30 heavy (non-hydrogen) atoms. The molecule has 0 bridgehead atoms. The number of rotatable bonds is 7. The quantitative estimate of drug-likeness (QED) is 0.749. The SMILES string of the molecule is Cc1cc(CN2Cc3c(ccnc3NC(=O)C3CCC3)C2=O)cnc1OCC(F)F. The summed E-state index contributed by atoms with van der Waals surface area (Å²) < 4.78 is 29.6. The lowest BCUT2D eigenvalue weighted by molar-refractivity contribution is -0.122. The van der Waals surface area contributed by atoms with Crippen LogP contribution in [-0.4, -0.2) is 39.7 Å². The van der Waals surface area contributed by atoms with Gasteiger partial charge >= 0.3 is 0 Å². The van der Waals surface area contributed by atoms with Crippen molar-refractivity contribution in [3.63, 3.8) is 0 Å². The first-order chi connectivity index (χ1) is 14.4. The molecule has 1 aliphatic heterocycles. The predicted octanol–water partition coefficient (Wildman–Crippen LogP) is 3.32. The van der Waals surface area contributed by atoms with Gasteiger partial charge in [0.05, 0.1) is 6.54 Å². The van der Waals surface area contributed by atoms with Gasteiger partial charge in [-0.3, -0.25) is 9.59 Å². The van der Waals surface area contributed by atoms with Crippen LogP contribution < -0.4 is 10.1 Å². The number of anilines is 1. The molecular formula is C21H22F2N4O3. The highest BCUT2D eigenvalue weighted by Crippen LogP contribution is 2.32. The molecule has 2 aromatic rings. The van der Waals surface area contributed by atoms with E-state index < -0.39 is 13.0 Å². The number of aromatic nitrogens is 2. The van der Waals surface area contributed by atoms with E-state index in [1.54, 1.807) is 24.0 Å². The van der Waals surface area contributed by atoms with Crippen molar-refractivity contribution in [2.75, 3.05) is 11.9 Å². The maximum Gasteiger partial charge on any atom is 0.272 e. The third kappa shape index (κ3) is 4.10. The van der Waals surface area contributed by atoms with Crippen LogP contribution in [0.3, 0.4) is 0 Å². The number of ether oxygens (including phenoxy) is 1. The summed E-state index contributed by atoms with van der Waals surface area (Å²) in [6.07, 6.45) is 3.30. The van der Waals surface area contributed by atoms with Crippen LogP contribution in [-0.2, 0) is 17.9 Å². The molecule has 1 aliphatic carbocycles. The Balaban J connectivity index is 1.46. The minimum Gasteiger partial charge on any atom is -0.471 e. The van der Waals surface area contributed by atoms with Gasteiger partial charge < -0.3 is 15.0 Å². The number of pyridine rings is 2. The Bertz CT molecular complexity index is 979. The number of fused-ring (bicyclic) bond motifs is 1. The molecule has 1 N–H and O–H groups in total. The van der Waals surface area contributed by atoms with E-state index in [4.69, 9.17) is 4.74 Å². The lowest BCUT2D eigenvalue weighted by Gasteiger charge is -2.24. The number of nitrogens with zero attached hydrogens (tertiary/aromatic N) is 3. The highest BCUT2D eigenvalue weighted by Gasteiger charge is 2.32. The third-order valence-electron chi connectivity index (χ3n) is 5.45. The van der Waals surface area contributed by atoms with E-state index in [-0.39, 0.29) is 23.6 Å². The van der Waals surface area contributed by atoms with E-state index in [1.807, 2.05) is 0 Å². The fourth-order valence-corrected chi connectivity index (χ4v) is 3.63. The van der Waals surface area contributed by atoms with Crippen LogP contribution in [0.5, 0.6) is 5.88 Å². The van der Waals surface area contributed by atoms with Crippen molar-refractivity contribution >= 4 is 17.6 Å². The zero-order valence-electron chi connectivity index (χ0n) is 16.5. The maximum absolute atomic E-state index is 12.8. The molecule has 158 valence electrons. The summed E-state index contributed by atoms with van der Waals surface area (Å²) >= 11 is 0. The van der Waals surface area contributed by atoms with Gasteiger partial charge in [-0.1, -0.05) is 6.42 Å². The van der Waals surface area contributed by atoms with E-state index in [2.05, 4.69) is 15.3 Å². The number of halogens is 2. The number of nitrogens with one attached hydrogen (secondary N) is 1. The Kier molecular flexibility index (Phi) is 5.61. The van der Waals surface area contributed by atoms with Crippen molar-refractivity contribution in [3.05, 3.63) is 46.8 Å². The fraction of sp³-hybridized carbons (Fsp3) is 0.429. The molecule has 0 unspecified atom stereocenters. The number of carbonyl (C=O) groups excluding carboxylic acids is 2. The maximum atomic E-state index is 12.8. The molecule has 1 saturated carbocycles. The molecule has 2 aromatic heterocycles. The van der Waals surface area contributed by atoms with Crippen LogP contribution in [0.25, 0.3) is 0 Å². The first-order valence-electron chi connectivity index (χ1n) is 9.87. The predicted molar refractivity (Wildman–Crippen MR) is 104 cm³/mol. The van der Waals surface area contributed by atoms with Gasteiger partial charge in [0.2, 0.25) is 11.8 Å². The van der Waals surface area contributed by atoms with Gasteiger partial charge in [-0.05, 0) is 37.5 Å². The van der Waals surface area contributed by atoms with Crippen LogP contribution in [0.15, 0.2) is 24.5 Å². The molecule has 2 aliphatic rings. The van der Waals surface area contributed by atoms with Crippen LogP contribution in [0.4, 0.5) is 14.6 Å².